The van der Waals surface area contributed by atoms with E-state index >= 15 is 0 Å². The average molecular weight is 495 g/mol. The molecule has 1 aliphatic rings. The number of piperidine rings is 1. The van der Waals surface area contributed by atoms with Gasteiger partial charge in [-0.05, 0) is 86.9 Å². The fraction of sp³-hybridized carbons (Fsp3) is 0.536. The van der Waals surface area contributed by atoms with Crippen molar-refractivity contribution in [2.24, 2.45) is 18.9 Å². The summed E-state index contributed by atoms with van der Waals surface area (Å²) in [6, 6.07) is 7.56. The number of aryl methyl sites for hydroxylation is 2. The van der Waals surface area contributed by atoms with Crippen molar-refractivity contribution in [1.82, 2.24) is 19.4 Å². The van der Waals surface area contributed by atoms with Crippen LogP contribution in [0.3, 0.4) is 0 Å². The summed E-state index contributed by atoms with van der Waals surface area (Å²) in [5.41, 5.74) is 1.67. The van der Waals surface area contributed by atoms with Gasteiger partial charge < -0.3 is 24.4 Å². The Kier molecular flexibility index (Phi) is 8.93. The number of benzene rings is 1. The van der Waals surface area contributed by atoms with E-state index in [1.807, 2.05) is 43.7 Å². The lowest BCUT2D eigenvalue weighted by Crippen LogP contribution is -2.41. The fourth-order valence-corrected chi connectivity index (χ4v) is 5.54. The third-order valence-corrected chi connectivity index (χ3v) is 7.61. The van der Waals surface area contributed by atoms with Crippen LogP contribution in [0.25, 0.3) is 10.9 Å². The van der Waals surface area contributed by atoms with E-state index < -0.39 is 12.1 Å². The Balaban J connectivity index is 1.32. The van der Waals surface area contributed by atoms with Crippen LogP contribution in [0.5, 0.6) is 5.75 Å². The van der Waals surface area contributed by atoms with Gasteiger partial charge in [0.1, 0.15) is 11.6 Å². The quantitative estimate of drug-likeness (QED) is 0.364. The first-order valence-corrected chi connectivity index (χ1v) is 13.0. The molecule has 4 rings (SSSR count). The minimum absolute atomic E-state index is 0.104. The highest BCUT2D eigenvalue weighted by molar-refractivity contribution is 5.83. The number of aliphatic hydroxyl groups is 1. The zero-order valence-electron chi connectivity index (χ0n) is 21.3. The number of aromatic nitrogens is 3. The highest BCUT2D eigenvalue weighted by Crippen LogP contribution is 2.34. The number of aliphatic hydroxyl groups excluding tert-OH is 1. The van der Waals surface area contributed by atoms with Crippen LogP contribution < -0.4 is 4.74 Å². The third-order valence-electron chi connectivity index (χ3n) is 7.61. The van der Waals surface area contributed by atoms with Crippen LogP contribution in [0.2, 0.25) is 0 Å². The fourth-order valence-electron chi connectivity index (χ4n) is 5.54. The van der Waals surface area contributed by atoms with E-state index in [0.717, 1.165) is 79.8 Å². The van der Waals surface area contributed by atoms with Crippen molar-refractivity contribution in [1.29, 1.82) is 0 Å². The van der Waals surface area contributed by atoms with Gasteiger partial charge in [0.25, 0.3) is 0 Å². The Morgan fingerprint density at radius 1 is 1.19 bits per heavy atom. The van der Waals surface area contributed by atoms with Crippen molar-refractivity contribution in [3.05, 3.63) is 54.2 Å². The normalized spacial score (nSPS) is 19.4. The monoisotopic (exact) mass is 494 g/mol. The van der Waals surface area contributed by atoms with Gasteiger partial charge in [0.15, 0.2) is 0 Å². The van der Waals surface area contributed by atoms with E-state index in [1.165, 1.54) is 0 Å². The summed E-state index contributed by atoms with van der Waals surface area (Å²) >= 11 is 0. The molecule has 3 aromatic rings. The number of rotatable bonds is 12. The Labute approximate surface area is 212 Å². The van der Waals surface area contributed by atoms with Crippen molar-refractivity contribution in [2.75, 3.05) is 26.7 Å². The predicted molar refractivity (Wildman–Crippen MR) is 139 cm³/mol. The minimum atomic E-state index is -0.741. The lowest BCUT2D eigenvalue weighted by Gasteiger charge is -2.38. The lowest BCUT2D eigenvalue weighted by atomic mass is 9.79. The van der Waals surface area contributed by atoms with Crippen LogP contribution in [-0.2, 0) is 18.3 Å². The molecule has 0 saturated carbocycles. The predicted octanol–water partition coefficient (Wildman–Crippen LogP) is 4.23. The van der Waals surface area contributed by atoms with Gasteiger partial charge >= 0.3 is 5.97 Å². The summed E-state index contributed by atoms with van der Waals surface area (Å²) in [5.74, 6) is 1.50. The van der Waals surface area contributed by atoms with Crippen LogP contribution in [0.15, 0.2) is 42.9 Å². The molecule has 0 amide bonds. The van der Waals surface area contributed by atoms with Crippen molar-refractivity contribution in [3.8, 4) is 5.75 Å². The first kappa shape index (κ1) is 26.1. The molecular weight excluding hydrogens is 456 g/mol. The summed E-state index contributed by atoms with van der Waals surface area (Å²) in [6.45, 7) is 2.78. The Morgan fingerprint density at radius 2 is 2.06 bits per heavy atom. The number of carboxylic acid groups (broad SMARTS) is 1. The molecule has 8 nitrogen and oxygen atoms in total. The molecule has 2 N–H and O–H groups in total. The molecule has 1 saturated heterocycles. The standard InChI is InChI=1S/C28H38N4O4/c1-31-16-13-30-27(31)5-3-4-14-32-15-11-20(21(19-32)17-28(34)35)6-9-26(33)23-10-12-29-25-8-7-22(36-2)18-24(23)25/h7-8,10,12-13,16,18,20-21,26,33H,3-6,9,11,14-15,17,19H2,1-2H3,(H,34,35)/t20-,21+,26+/m1/s1. The second-order valence-electron chi connectivity index (χ2n) is 10.00. The number of carboxylic acids is 1. The van der Waals surface area contributed by atoms with Gasteiger partial charge in [0.05, 0.1) is 18.7 Å². The number of pyridine rings is 1. The lowest BCUT2D eigenvalue weighted by molar-refractivity contribution is -0.139. The first-order chi connectivity index (χ1) is 17.4. The number of unbranched alkanes of at least 4 members (excludes halogenated alkanes) is 1. The summed E-state index contributed by atoms with van der Waals surface area (Å²) in [5, 5.41) is 21.5. The second kappa shape index (κ2) is 12.3. The highest BCUT2D eigenvalue weighted by Gasteiger charge is 2.31. The van der Waals surface area contributed by atoms with Crippen LogP contribution in [-0.4, -0.2) is 62.4 Å². The molecule has 1 fully saturated rings. The molecule has 0 aliphatic carbocycles. The molecule has 1 aromatic carbocycles. The first-order valence-electron chi connectivity index (χ1n) is 13.0. The number of ether oxygens (including phenoxy) is 1. The molecule has 0 radical (unpaired) electrons. The van der Waals surface area contributed by atoms with Crippen molar-refractivity contribution in [3.63, 3.8) is 0 Å². The number of imidazole rings is 1. The zero-order chi connectivity index (χ0) is 25.5. The SMILES string of the molecule is COc1ccc2nccc([C@@H](O)CC[C@@H]3CCN(CCCCc4nccn4C)C[C@@H]3CC(=O)O)c2c1. The molecule has 8 heteroatoms. The van der Waals surface area contributed by atoms with E-state index in [4.69, 9.17) is 4.74 Å². The van der Waals surface area contributed by atoms with Crippen LogP contribution in [0.1, 0.15) is 56.0 Å². The third kappa shape index (κ3) is 6.62. The number of aliphatic carboxylic acids is 1. The summed E-state index contributed by atoms with van der Waals surface area (Å²) in [7, 11) is 3.65. The van der Waals surface area contributed by atoms with Crippen LogP contribution in [0.4, 0.5) is 0 Å². The Morgan fingerprint density at radius 3 is 2.81 bits per heavy atom. The number of methoxy groups -OCH3 is 1. The van der Waals surface area contributed by atoms with Crippen LogP contribution >= 0.6 is 0 Å². The average Bonchev–Trinajstić information content (AvgIpc) is 3.29. The maximum absolute atomic E-state index is 11.6. The van der Waals surface area contributed by atoms with Gasteiger partial charge in [-0.25, -0.2) is 4.98 Å². The number of likely N-dealkylation sites (tertiary alicyclic amines) is 1. The van der Waals surface area contributed by atoms with Gasteiger partial charge in [-0.2, -0.15) is 0 Å². The van der Waals surface area contributed by atoms with Gasteiger partial charge in [0, 0.05) is 50.4 Å². The number of nitrogens with zero attached hydrogens (tertiary/aromatic N) is 4. The van der Waals surface area contributed by atoms with E-state index in [1.54, 1.807) is 13.3 Å². The number of carbonyl (C=O) groups is 1. The molecule has 3 atom stereocenters. The number of fused-ring (bicyclic) bond motifs is 1. The summed E-state index contributed by atoms with van der Waals surface area (Å²) in [4.78, 5) is 22.8. The molecule has 194 valence electrons. The maximum atomic E-state index is 11.6. The molecule has 0 unspecified atom stereocenters. The van der Waals surface area contributed by atoms with Gasteiger partial charge in [-0.3, -0.25) is 9.78 Å². The van der Waals surface area contributed by atoms with Crippen molar-refractivity contribution >= 4 is 16.9 Å². The minimum Gasteiger partial charge on any atom is -0.497 e. The van der Waals surface area contributed by atoms with E-state index in [-0.39, 0.29) is 12.3 Å². The largest absolute Gasteiger partial charge is 0.497 e. The molecular formula is C28H38N4O4. The highest BCUT2D eigenvalue weighted by atomic mass is 16.5. The van der Waals surface area contributed by atoms with E-state index in [0.29, 0.717) is 12.3 Å². The van der Waals surface area contributed by atoms with E-state index in [2.05, 4.69) is 19.4 Å². The number of hydrogen-bond donors (Lipinski definition) is 2. The topological polar surface area (TPSA) is 101 Å². The van der Waals surface area contributed by atoms with Crippen molar-refractivity contribution < 1.29 is 19.7 Å². The Hall–Kier alpha value is -2.97. The van der Waals surface area contributed by atoms with Gasteiger partial charge in [-0.15, -0.1) is 0 Å². The van der Waals surface area contributed by atoms with Crippen LogP contribution in [0, 0.1) is 11.8 Å². The van der Waals surface area contributed by atoms with E-state index in [9.17, 15) is 15.0 Å². The smallest absolute Gasteiger partial charge is 0.303 e. The maximum Gasteiger partial charge on any atom is 0.303 e. The zero-order valence-corrected chi connectivity index (χ0v) is 21.3. The number of hydrogen-bond acceptors (Lipinski definition) is 6. The van der Waals surface area contributed by atoms with Gasteiger partial charge in [-0.1, -0.05) is 0 Å². The summed E-state index contributed by atoms with van der Waals surface area (Å²) in [6.07, 6.45) is 10.6. The van der Waals surface area contributed by atoms with Gasteiger partial charge in [0.2, 0.25) is 0 Å². The Bertz CT molecular complexity index is 1150. The van der Waals surface area contributed by atoms with Crippen molar-refractivity contribution in [2.45, 2.75) is 51.0 Å². The molecule has 2 aromatic heterocycles. The molecule has 36 heavy (non-hydrogen) atoms. The molecule has 3 heterocycles. The molecule has 0 spiro atoms. The second-order valence-corrected chi connectivity index (χ2v) is 10.00. The molecule has 1 aliphatic heterocycles. The molecule has 0 bridgehead atoms. The summed E-state index contributed by atoms with van der Waals surface area (Å²) < 4.78 is 7.42.